The predicted octanol–water partition coefficient (Wildman–Crippen LogP) is 2.75. The SMILES string of the molecule is COc1cccc(C(N)COCC(F)(F)C(F)F)c1F. The summed E-state index contributed by atoms with van der Waals surface area (Å²) < 4.78 is 71.9. The number of benzene rings is 1. The van der Waals surface area contributed by atoms with E-state index in [1.165, 1.54) is 25.3 Å². The molecular formula is C12H14F5NO2. The Hall–Kier alpha value is -1.41. The third kappa shape index (κ3) is 4.04. The Kier molecular flexibility index (Phi) is 5.70. The van der Waals surface area contributed by atoms with Crippen molar-refractivity contribution >= 4 is 0 Å². The molecule has 0 bridgehead atoms. The van der Waals surface area contributed by atoms with Crippen LogP contribution in [-0.2, 0) is 4.74 Å². The van der Waals surface area contributed by atoms with Crippen LogP contribution in [0.2, 0.25) is 0 Å². The van der Waals surface area contributed by atoms with Gasteiger partial charge in [0.05, 0.1) is 19.8 Å². The molecule has 0 aliphatic heterocycles. The van der Waals surface area contributed by atoms with E-state index in [0.29, 0.717) is 0 Å². The van der Waals surface area contributed by atoms with Crippen LogP contribution >= 0.6 is 0 Å². The van der Waals surface area contributed by atoms with Crippen LogP contribution in [0.1, 0.15) is 11.6 Å². The lowest BCUT2D eigenvalue weighted by Gasteiger charge is -2.18. The topological polar surface area (TPSA) is 44.5 Å². The Balaban J connectivity index is 2.62. The summed E-state index contributed by atoms with van der Waals surface area (Å²) in [6.45, 7) is -2.00. The van der Waals surface area contributed by atoms with Crippen molar-refractivity contribution in [1.82, 2.24) is 0 Å². The number of hydrogen-bond acceptors (Lipinski definition) is 3. The molecule has 8 heteroatoms. The Bertz CT molecular complexity index is 442. The molecule has 20 heavy (non-hydrogen) atoms. The van der Waals surface area contributed by atoms with Crippen molar-refractivity contribution in [1.29, 1.82) is 0 Å². The Morgan fingerprint density at radius 3 is 2.50 bits per heavy atom. The quantitative estimate of drug-likeness (QED) is 0.787. The summed E-state index contributed by atoms with van der Waals surface area (Å²) in [5.41, 5.74) is 5.56. The fraction of sp³-hybridized carbons (Fsp3) is 0.500. The minimum atomic E-state index is -4.26. The van der Waals surface area contributed by atoms with Crippen molar-refractivity contribution in [3.05, 3.63) is 29.6 Å². The second-order valence-corrected chi connectivity index (χ2v) is 4.05. The lowest BCUT2D eigenvalue weighted by molar-refractivity contribution is -0.166. The van der Waals surface area contributed by atoms with Crippen LogP contribution in [0.3, 0.4) is 0 Å². The summed E-state index contributed by atoms with van der Waals surface area (Å²) in [7, 11) is 1.26. The van der Waals surface area contributed by atoms with Crippen LogP contribution in [0.4, 0.5) is 22.0 Å². The number of methoxy groups -OCH3 is 1. The Labute approximate surface area is 112 Å². The molecule has 0 heterocycles. The highest BCUT2D eigenvalue weighted by atomic mass is 19.3. The molecule has 0 aliphatic rings. The second kappa shape index (κ2) is 6.85. The summed E-state index contributed by atoms with van der Waals surface area (Å²) in [4.78, 5) is 0. The Morgan fingerprint density at radius 2 is 1.95 bits per heavy atom. The minimum absolute atomic E-state index is 0.00952. The van der Waals surface area contributed by atoms with Crippen molar-refractivity contribution in [3.63, 3.8) is 0 Å². The molecule has 0 aromatic heterocycles. The second-order valence-electron chi connectivity index (χ2n) is 4.05. The van der Waals surface area contributed by atoms with E-state index in [-0.39, 0.29) is 11.3 Å². The first-order valence-corrected chi connectivity index (χ1v) is 5.61. The normalized spacial score (nSPS) is 13.6. The molecule has 2 N–H and O–H groups in total. The van der Waals surface area contributed by atoms with Gasteiger partial charge in [-0.3, -0.25) is 0 Å². The van der Waals surface area contributed by atoms with Crippen molar-refractivity contribution in [2.24, 2.45) is 5.73 Å². The zero-order chi connectivity index (χ0) is 15.3. The van der Waals surface area contributed by atoms with Gasteiger partial charge in [0.1, 0.15) is 6.61 Å². The van der Waals surface area contributed by atoms with E-state index in [9.17, 15) is 22.0 Å². The molecule has 1 aromatic carbocycles. The molecule has 0 radical (unpaired) electrons. The monoisotopic (exact) mass is 299 g/mol. The van der Waals surface area contributed by atoms with Crippen LogP contribution in [0.25, 0.3) is 0 Å². The fourth-order valence-corrected chi connectivity index (χ4v) is 1.45. The van der Waals surface area contributed by atoms with E-state index in [1.807, 2.05) is 0 Å². The van der Waals surface area contributed by atoms with Gasteiger partial charge >= 0.3 is 12.3 Å². The first kappa shape index (κ1) is 16.6. The molecule has 114 valence electrons. The van der Waals surface area contributed by atoms with Crippen molar-refractivity contribution in [3.8, 4) is 5.75 Å². The zero-order valence-electron chi connectivity index (χ0n) is 10.6. The number of rotatable bonds is 7. The van der Waals surface area contributed by atoms with Gasteiger partial charge < -0.3 is 15.2 Å². The lowest BCUT2D eigenvalue weighted by Crippen LogP contribution is -2.33. The molecule has 0 fully saturated rings. The summed E-state index contributed by atoms with van der Waals surface area (Å²) in [6.07, 6.45) is -3.83. The number of ether oxygens (including phenoxy) is 2. The van der Waals surface area contributed by atoms with Gasteiger partial charge in [0.2, 0.25) is 0 Å². The van der Waals surface area contributed by atoms with E-state index in [1.54, 1.807) is 0 Å². The third-order valence-corrected chi connectivity index (χ3v) is 2.52. The first-order valence-electron chi connectivity index (χ1n) is 5.61. The van der Waals surface area contributed by atoms with Gasteiger partial charge in [-0.15, -0.1) is 0 Å². The molecule has 0 amide bonds. The van der Waals surface area contributed by atoms with Gasteiger partial charge in [0.25, 0.3) is 0 Å². The molecule has 3 nitrogen and oxygen atoms in total. The standard InChI is InChI=1S/C12H14F5NO2/c1-19-9-4-2-3-7(10(9)13)8(18)5-20-6-12(16,17)11(14)15/h2-4,8,11H,5-6,18H2,1H3. The van der Waals surface area contributed by atoms with Crippen molar-refractivity contribution < 1.29 is 31.4 Å². The highest BCUT2D eigenvalue weighted by Gasteiger charge is 2.41. The van der Waals surface area contributed by atoms with Crippen LogP contribution in [0.5, 0.6) is 5.75 Å². The highest BCUT2D eigenvalue weighted by molar-refractivity contribution is 5.32. The van der Waals surface area contributed by atoms with Gasteiger partial charge in [-0.1, -0.05) is 12.1 Å². The molecule has 0 spiro atoms. The number of alkyl halides is 4. The molecule has 0 aliphatic carbocycles. The van der Waals surface area contributed by atoms with Gasteiger partial charge in [0.15, 0.2) is 11.6 Å². The summed E-state index contributed by atoms with van der Waals surface area (Å²) in [5.74, 6) is -5.06. The third-order valence-electron chi connectivity index (χ3n) is 2.52. The largest absolute Gasteiger partial charge is 0.494 e. The zero-order valence-corrected chi connectivity index (χ0v) is 10.6. The smallest absolute Gasteiger partial charge is 0.330 e. The maximum Gasteiger partial charge on any atom is 0.330 e. The van der Waals surface area contributed by atoms with E-state index >= 15 is 0 Å². The van der Waals surface area contributed by atoms with Gasteiger partial charge in [-0.25, -0.2) is 13.2 Å². The van der Waals surface area contributed by atoms with Crippen LogP contribution in [0.15, 0.2) is 18.2 Å². The molecule has 1 aromatic rings. The molecular weight excluding hydrogens is 285 g/mol. The van der Waals surface area contributed by atoms with E-state index < -0.39 is 37.4 Å². The highest BCUT2D eigenvalue weighted by Crippen LogP contribution is 2.26. The van der Waals surface area contributed by atoms with Crippen molar-refractivity contribution in [2.75, 3.05) is 20.3 Å². The van der Waals surface area contributed by atoms with Crippen molar-refractivity contribution in [2.45, 2.75) is 18.4 Å². The van der Waals surface area contributed by atoms with E-state index in [4.69, 9.17) is 10.5 Å². The van der Waals surface area contributed by atoms with Crippen LogP contribution < -0.4 is 10.5 Å². The minimum Gasteiger partial charge on any atom is -0.494 e. The van der Waals surface area contributed by atoms with Crippen LogP contribution in [-0.4, -0.2) is 32.7 Å². The van der Waals surface area contributed by atoms with E-state index in [0.717, 1.165) is 0 Å². The van der Waals surface area contributed by atoms with Gasteiger partial charge in [-0.2, -0.15) is 8.78 Å². The summed E-state index contributed by atoms with van der Waals surface area (Å²) in [6, 6.07) is 3.08. The predicted molar refractivity (Wildman–Crippen MR) is 61.7 cm³/mol. The number of nitrogens with two attached hydrogens (primary N) is 1. The summed E-state index contributed by atoms with van der Waals surface area (Å²) >= 11 is 0. The average Bonchev–Trinajstić information content (AvgIpc) is 2.38. The Morgan fingerprint density at radius 1 is 1.30 bits per heavy atom. The van der Waals surface area contributed by atoms with Gasteiger partial charge in [-0.05, 0) is 6.07 Å². The molecule has 1 atom stereocenters. The fourth-order valence-electron chi connectivity index (χ4n) is 1.45. The maximum absolute atomic E-state index is 13.8. The summed E-state index contributed by atoms with van der Waals surface area (Å²) in [5, 5.41) is 0. The first-order chi connectivity index (χ1) is 9.29. The van der Waals surface area contributed by atoms with E-state index in [2.05, 4.69) is 4.74 Å². The molecule has 1 unspecified atom stereocenters. The molecule has 1 rings (SSSR count). The maximum atomic E-state index is 13.8. The van der Waals surface area contributed by atoms with Crippen LogP contribution in [0, 0.1) is 5.82 Å². The molecule has 0 saturated heterocycles. The molecule has 0 saturated carbocycles. The average molecular weight is 299 g/mol. The lowest BCUT2D eigenvalue weighted by atomic mass is 10.1. The van der Waals surface area contributed by atoms with Gasteiger partial charge in [0, 0.05) is 5.56 Å². The number of hydrogen-bond donors (Lipinski definition) is 1. The number of halogens is 5.